The van der Waals surface area contributed by atoms with E-state index >= 15 is 0 Å². The summed E-state index contributed by atoms with van der Waals surface area (Å²) in [5, 5.41) is 2.98. The molecule has 138 valence electrons. The third kappa shape index (κ3) is 5.06. The molecule has 0 aliphatic carbocycles. The Morgan fingerprint density at radius 1 is 1.15 bits per heavy atom. The molecule has 0 fully saturated rings. The van der Waals surface area contributed by atoms with Gasteiger partial charge in [-0.2, -0.15) is 0 Å². The van der Waals surface area contributed by atoms with Gasteiger partial charge in [-0.05, 0) is 43.7 Å². The van der Waals surface area contributed by atoms with E-state index in [2.05, 4.69) is 5.32 Å². The minimum Gasteiger partial charge on any atom is -0.324 e. The summed E-state index contributed by atoms with van der Waals surface area (Å²) in [6.07, 6.45) is 1.02. The molecule has 1 N–H and O–H groups in total. The van der Waals surface area contributed by atoms with Crippen LogP contribution in [-0.4, -0.2) is 32.9 Å². The summed E-state index contributed by atoms with van der Waals surface area (Å²) in [6.45, 7) is 2.75. The fourth-order valence-electron chi connectivity index (χ4n) is 2.38. The van der Waals surface area contributed by atoms with Crippen LogP contribution in [0.1, 0.15) is 22.8 Å². The topological polar surface area (TPSA) is 83.6 Å². The zero-order chi connectivity index (χ0) is 19.5. The average Bonchev–Trinajstić information content (AvgIpc) is 2.54. The van der Waals surface area contributed by atoms with Crippen molar-refractivity contribution < 1.29 is 18.0 Å². The molecule has 0 spiro atoms. The highest BCUT2D eigenvalue weighted by Gasteiger charge is 2.22. The SMILES string of the molecule is CC(=O)c1cccc(NC(=O)CN(c2cc(Cl)ccc2C)S(C)(=O)=O)c1. The van der Waals surface area contributed by atoms with Gasteiger partial charge in [0.25, 0.3) is 0 Å². The Kier molecular flexibility index (Phi) is 6.05. The fraction of sp³-hybridized carbons (Fsp3) is 0.222. The third-order valence-electron chi connectivity index (χ3n) is 3.68. The number of nitrogens with one attached hydrogen (secondary N) is 1. The van der Waals surface area contributed by atoms with Gasteiger partial charge < -0.3 is 5.32 Å². The van der Waals surface area contributed by atoms with Gasteiger partial charge in [-0.1, -0.05) is 29.8 Å². The second-order valence-electron chi connectivity index (χ2n) is 5.89. The van der Waals surface area contributed by atoms with Gasteiger partial charge in [-0.25, -0.2) is 8.42 Å². The maximum absolute atomic E-state index is 12.4. The normalized spacial score (nSPS) is 11.1. The first-order valence-electron chi connectivity index (χ1n) is 7.72. The van der Waals surface area contributed by atoms with Gasteiger partial charge in [0, 0.05) is 16.3 Å². The number of halogens is 1. The van der Waals surface area contributed by atoms with E-state index in [9.17, 15) is 18.0 Å². The van der Waals surface area contributed by atoms with E-state index in [1.807, 2.05) is 0 Å². The van der Waals surface area contributed by atoms with Crippen molar-refractivity contribution in [2.75, 3.05) is 22.4 Å². The lowest BCUT2D eigenvalue weighted by Gasteiger charge is -2.24. The quantitative estimate of drug-likeness (QED) is 0.762. The van der Waals surface area contributed by atoms with Crippen LogP contribution in [0.15, 0.2) is 42.5 Å². The molecule has 0 saturated heterocycles. The molecule has 0 radical (unpaired) electrons. The number of anilines is 2. The van der Waals surface area contributed by atoms with Crippen LogP contribution >= 0.6 is 11.6 Å². The van der Waals surface area contributed by atoms with Crippen LogP contribution in [0, 0.1) is 6.92 Å². The molecule has 0 aliphatic rings. The van der Waals surface area contributed by atoms with Gasteiger partial charge in [0.05, 0.1) is 11.9 Å². The number of benzene rings is 2. The second kappa shape index (κ2) is 7.88. The minimum absolute atomic E-state index is 0.131. The molecular weight excluding hydrogens is 376 g/mol. The number of hydrogen-bond acceptors (Lipinski definition) is 4. The zero-order valence-corrected chi connectivity index (χ0v) is 16.2. The molecule has 0 aliphatic heterocycles. The van der Waals surface area contributed by atoms with Crippen molar-refractivity contribution in [1.82, 2.24) is 0 Å². The highest BCUT2D eigenvalue weighted by molar-refractivity contribution is 7.92. The number of aryl methyl sites for hydroxylation is 1. The minimum atomic E-state index is -3.71. The van der Waals surface area contributed by atoms with E-state index in [0.717, 1.165) is 10.6 Å². The molecule has 0 atom stereocenters. The first-order chi connectivity index (χ1) is 12.1. The fourth-order valence-corrected chi connectivity index (χ4v) is 3.45. The number of sulfonamides is 1. The Bertz CT molecular complexity index is 957. The summed E-state index contributed by atoms with van der Waals surface area (Å²) in [5.74, 6) is -0.663. The lowest BCUT2D eigenvalue weighted by Crippen LogP contribution is -2.37. The van der Waals surface area contributed by atoms with Crippen molar-refractivity contribution in [3.8, 4) is 0 Å². The summed E-state index contributed by atoms with van der Waals surface area (Å²) in [5.41, 5.74) is 1.88. The molecule has 0 saturated carbocycles. The Morgan fingerprint density at radius 3 is 2.46 bits per heavy atom. The van der Waals surface area contributed by atoms with Crippen molar-refractivity contribution in [3.63, 3.8) is 0 Å². The molecule has 1 amide bonds. The van der Waals surface area contributed by atoms with E-state index in [-0.39, 0.29) is 5.78 Å². The molecule has 8 heteroatoms. The number of Topliss-reactive ketones (excluding diaryl/α,β-unsaturated/α-hetero) is 1. The number of ketones is 1. The maximum Gasteiger partial charge on any atom is 0.245 e. The lowest BCUT2D eigenvalue weighted by atomic mass is 10.1. The number of nitrogens with zero attached hydrogens (tertiary/aromatic N) is 1. The van der Waals surface area contributed by atoms with E-state index in [1.165, 1.54) is 19.1 Å². The average molecular weight is 395 g/mol. The van der Waals surface area contributed by atoms with Crippen LogP contribution in [0.2, 0.25) is 5.02 Å². The molecule has 2 aromatic carbocycles. The summed E-state index contributed by atoms with van der Waals surface area (Å²) < 4.78 is 25.4. The number of carbonyl (C=O) groups is 2. The highest BCUT2D eigenvalue weighted by atomic mass is 35.5. The predicted octanol–water partition coefficient (Wildman–Crippen LogP) is 3.26. The molecule has 0 bridgehead atoms. The van der Waals surface area contributed by atoms with Crippen LogP contribution in [0.4, 0.5) is 11.4 Å². The summed E-state index contributed by atoms with van der Waals surface area (Å²) in [4.78, 5) is 23.8. The van der Waals surface area contributed by atoms with E-state index < -0.39 is 22.5 Å². The van der Waals surface area contributed by atoms with Crippen LogP contribution < -0.4 is 9.62 Å². The van der Waals surface area contributed by atoms with Gasteiger partial charge in [0.1, 0.15) is 6.54 Å². The van der Waals surface area contributed by atoms with Gasteiger partial charge in [0.2, 0.25) is 15.9 Å². The van der Waals surface area contributed by atoms with Gasteiger partial charge in [0.15, 0.2) is 5.78 Å². The summed E-state index contributed by atoms with van der Waals surface area (Å²) in [7, 11) is -3.71. The standard InChI is InChI=1S/C18H19ClN2O4S/c1-12-7-8-15(19)10-17(12)21(26(3,24)25)11-18(23)20-16-6-4-5-14(9-16)13(2)22/h4-10H,11H2,1-3H3,(H,20,23). The van der Waals surface area contributed by atoms with E-state index in [1.54, 1.807) is 37.3 Å². The third-order valence-corrected chi connectivity index (χ3v) is 5.04. The van der Waals surface area contributed by atoms with E-state index in [4.69, 9.17) is 11.6 Å². The molecule has 0 aromatic heterocycles. The molecule has 2 aromatic rings. The van der Waals surface area contributed by atoms with Crippen molar-refractivity contribution in [3.05, 3.63) is 58.6 Å². The van der Waals surface area contributed by atoms with Crippen LogP contribution in [0.3, 0.4) is 0 Å². The van der Waals surface area contributed by atoms with Gasteiger partial charge in [-0.15, -0.1) is 0 Å². The van der Waals surface area contributed by atoms with E-state index in [0.29, 0.717) is 27.5 Å². The Morgan fingerprint density at radius 2 is 1.85 bits per heavy atom. The largest absolute Gasteiger partial charge is 0.324 e. The highest BCUT2D eigenvalue weighted by Crippen LogP contribution is 2.26. The Hall–Kier alpha value is -2.38. The predicted molar refractivity (Wildman–Crippen MR) is 103 cm³/mol. The van der Waals surface area contributed by atoms with Crippen LogP contribution in [-0.2, 0) is 14.8 Å². The van der Waals surface area contributed by atoms with Crippen molar-refractivity contribution in [1.29, 1.82) is 0 Å². The van der Waals surface area contributed by atoms with Gasteiger partial charge >= 0.3 is 0 Å². The number of rotatable bonds is 6. The zero-order valence-electron chi connectivity index (χ0n) is 14.6. The van der Waals surface area contributed by atoms with Crippen molar-refractivity contribution in [2.24, 2.45) is 0 Å². The van der Waals surface area contributed by atoms with Crippen LogP contribution in [0.5, 0.6) is 0 Å². The Labute approximate surface area is 157 Å². The van der Waals surface area contributed by atoms with Crippen LogP contribution in [0.25, 0.3) is 0 Å². The number of amides is 1. The summed E-state index contributed by atoms with van der Waals surface area (Å²) in [6, 6.07) is 11.3. The molecule has 26 heavy (non-hydrogen) atoms. The maximum atomic E-state index is 12.4. The number of carbonyl (C=O) groups excluding carboxylic acids is 2. The first kappa shape index (κ1) is 19.9. The van der Waals surface area contributed by atoms with Crippen molar-refractivity contribution >= 4 is 44.7 Å². The summed E-state index contributed by atoms with van der Waals surface area (Å²) >= 11 is 5.97. The molecule has 0 unspecified atom stereocenters. The monoisotopic (exact) mass is 394 g/mol. The van der Waals surface area contributed by atoms with Crippen molar-refractivity contribution in [2.45, 2.75) is 13.8 Å². The lowest BCUT2D eigenvalue weighted by molar-refractivity contribution is -0.114. The first-order valence-corrected chi connectivity index (χ1v) is 9.95. The smallest absolute Gasteiger partial charge is 0.245 e. The molecule has 2 rings (SSSR count). The second-order valence-corrected chi connectivity index (χ2v) is 8.23. The molecule has 0 heterocycles. The number of hydrogen-bond donors (Lipinski definition) is 1. The Balaban J connectivity index is 2.27. The van der Waals surface area contributed by atoms with Gasteiger partial charge in [-0.3, -0.25) is 13.9 Å². The molecular formula is C18H19ClN2O4S. The molecule has 6 nitrogen and oxygen atoms in total.